The number of benzene rings is 6. The van der Waals surface area contributed by atoms with Gasteiger partial charge in [0.1, 0.15) is 63.1 Å². The summed E-state index contributed by atoms with van der Waals surface area (Å²) >= 11 is 8.15. The SMILES string of the molecule is COc1ccc(CC(=O)Nc2nnc(-c3ccncc3)s2)cc1OC.COc1ccc(OC)c(CC(=O)Nc2nnc(-c3ccncc3)s2)c1.COc1cccc(CC(=O)Nc2nnc(-c3ccncc3)s2)c1.O=C(CCc1ccccc1)Nc1cnc(-c2ccncc2)s1.O=C(Cc1ccc(F)cc1)Nc1cnc(-c2ccncc2)s1.O=C(Cc1ccccc1)Nc1nnc(-c2ccncc2)s1. The second-order valence-electron chi connectivity index (χ2n) is 28.6. The second-order valence-corrected chi connectivity index (χ2v) is 34.6. The molecule has 0 aliphatic carbocycles. The van der Waals surface area contributed by atoms with E-state index in [4.69, 9.17) is 23.7 Å². The van der Waals surface area contributed by atoms with E-state index in [0.717, 1.165) is 108 Å². The highest BCUT2D eigenvalue weighted by Crippen LogP contribution is 2.35. The molecule has 6 N–H and O–H groups in total. The molecule has 0 saturated heterocycles. The Kier molecular flexibility index (Phi) is 37.4. The highest BCUT2D eigenvalue weighted by molar-refractivity contribution is 7.20. The Hall–Kier alpha value is -16.5. The lowest BCUT2D eigenvalue weighted by molar-refractivity contribution is -0.116. The van der Waals surface area contributed by atoms with Gasteiger partial charge in [0.25, 0.3) is 0 Å². The van der Waals surface area contributed by atoms with Crippen LogP contribution in [-0.4, -0.2) is 152 Å². The van der Waals surface area contributed by atoms with E-state index in [1.165, 1.54) is 85.7 Å². The summed E-state index contributed by atoms with van der Waals surface area (Å²) in [5.74, 6) is 2.15. The molecule has 0 radical (unpaired) electrons. The molecule has 0 bridgehead atoms. The van der Waals surface area contributed by atoms with Gasteiger partial charge in [0, 0.05) is 120 Å². The molecule has 696 valence electrons. The molecular formula is C98H85FN22O11S6. The van der Waals surface area contributed by atoms with E-state index in [0.29, 0.717) is 61.4 Å². The van der Waals surface area contributed by atoms with E-state index in [1.54, 1.807) is 165 Å². The lowest BCUT2D eigenvalue weighted by Gasteiger charge is -2.09. The molecule has 0 spiro atoms. The van der Waals surface area contributed by atoms with Gasteiger partial charge in [-0.25, -0.2) is 14.4 Å². The number of methoxy groups -OCH3 is 5. The molecule has 18 aromatic rings. The minimum Gasteiger partial charge on any atom is -0.497 e. The van der Waals surface area contributed by atoms with Gasteiger partial charge in [-0.1, -0.05) is 159 Å². The van der Waals surface area contributed by atoms with Gasteiger partial charge in [-0.2, -0.15) is 0 Å². The Morgan fingerprint density at radius 1 is 0.275 bits per heavy atom. The highest BCUT2D eigenvalue weighted by Gasteiger charge is 2.19. The van der Waals surface area contributed by atoms with Gasteiger partial charge < -0.3 is 55.6 Å². The van der Waals surface area contributed by atoms with Gasteiger partial charge in [-0.15, -0.1) is 40.8 Å². The monoisotopic (exact) mass is 1960 g/mol. The summed E-state index contributed by atoms with van der Waals surface area (Å²) in [5.41, 5.74) is 11.0. The van der Waals surface area contributed by atoms with Crippen molar-refractivity contribution >= 4 is 134 Å². The standard InChI is InChI=1S/2C17H16N4O3S.C17H15N3OS.C16H12FN3OS.C16H14N4O2S.C15H12N4OS/c1-23-13-3-4-14(24-2)12(9-13)10-15(22)19-17-21-20-16(25-17)11-5-7-18-8-6-11;1-23-13-4-3-11(9-14(13)24-2)10-15(22)19-17-21-20-16(25-17)12-5-7-18-8-6-12;21-15(7-6-13-4-2-1-3-5-13)20-16-12-19-17(22-16)14-8-10-18-11-9-14;17-13-3-1-11(2-4-13)9-14(21)20-15-10-19-16(22-15)12-5-7-18-8-6-12;1-22-13-4-2-3-11(9-13)10-14(21)18-16-20-19-15(23-16)12-5-7-17-8-6-12;20-13(10-11-4-2-1-3-5-11)17-15-19-18-14(21-15)12-6-8-16-9-7-12/h2*3-9H,10H2,1-2H3,(H,19,21,22);1-5,8-12H,6-7H2,(H,20,21);1-8,10H,9H2,(H,20,21);2-9H,10H2,1H3,(H,18,20,21);1-9H,10H2,(H,17,19,20). The van der Waals surface area contributed by atoms with Crippen molar-refractivity contribution in [1.29, 1.82) is 0 Å². The van der Waals surface area contributed by atoms with E-state index >= 15 is 0 Å². The number of nitrogens with zero attached hydrogens (tertiary/aromatic N) is 16. The third-order valence-electron chi connectivity index (χ3n) is 18.9. The Balaban J connectivity index is 0.000000140. The fraction of sp³-hybridized carbons (Fsp3) is 0.122. The average Bonchev–Trinajstić information content (AvgIpc) is 1.29. The number of pyridine rings is 6. The molecule has 18 rings (SSSR count). The van der Waals surface area contributed by atoms with Crippen LogP contribution in [0.1, 0.15) is 39.8 Å². The number of amides is 6. The predicted octanol–water partition coefficient (Wildman–Crippen LogP) is 18.5. The molecule has 33 nitrogen and oxygen atoms in total. The average molecular weight is 1960 g/mol. The maximum absolute atomic E-state index is 12.8. The number of halogens is 1. The summed E-state index contributed by atoms with van der Waals surface area (Å²) in [6.45, 7) is 0. The zero-order chi connectivity index (χ0) is 96.4. The maximum Gasteiger partial charge on any atom is 0.230 e. The molecule has 12 aromatic heterocycles. The molecule has 12 heterocycles. The van der Waals surface area contributed by atoms with Crippen LogP contribution in [0.15, 0.2) is 305 Å². The Bertz CT molecular complexity index is 6910. The number of hydrogen-bond acceptors (Lipinski definition) is 33. The summed E-state index contributed by atoms with van der Waals surface area (Å²) in [5, 5.41) is 57.1. The lowest BCUT2D eigenvalue weighted by Crippen LogP contribution is -2.14. The molecule has 0 atom stereocenters. The van der Waals surface area contributed by atoms with Crippen molar-refractivity contribution in [2.45, 2.75) is 44.9 Å². The first-order valence-electron chi connectivity index (χ1n) is 41.8. The fourth-order valence-electron chi connectivity index (χ4n) is 12.3. The van der Waals surface area contributed by atoms with Crippen LogP contribution in [0.5, 0.6) is 28.7 Å². The number of rotatable bonds is 30. The van der Waals surface area contributed by atoms with E-state index in [9.17, 15) is 33.2 Å². The number of thiazole rings is 2. The van der Waals surface area contributed by atoms with Crippen molar-refractivity contribution < 1.29 is 56.8 Å². The Morgan fingerprint density at radius 3 is 1.00 bits per heavy atom. The Morgan fingerprint density at radius 2 is 0.601 bits per heavy atom. The van der Waals surface area contributed by atoms with Gasteiger partial charge >= 0.3 is 0 Å². The van der Waals surface area contributed by atoms with Crippen LogP contribution in [0.4, 0.5) is 34.9 Å². The lowest BCUT2D eigenvalue weighted by atomic mass is 10.1. The van der Waals surface area contributed by atoms with Gasteiger partial charge in [0.05, 0.1) is 80.0 Å². The number of hydrogen-bond donors (Lipinski definition) is 6. The first-order valence-corrected chi connectivity index (χ1v) is 46.7. The van der Waals surface area contributed by atoms with Crippen LogP contribution in [0, 0.1) is 5.82 Å². The van der Waals surface area contributed by atoms with Gasteiger partial charge in [0.15, 0.2) is 11.5 Å². The van der Waals surface area contributed by atoms with Gasteiger partial charge in [-0.05, 0) is 162 Å². The third-order valence-corrected chi connectivity index (χ3v) is 24.4. The number of nitrogens with one attached hydrogen (secondary N) is 6. The maximum atomic E-state index is 12.8. The summed E-state index contributed by atoms with van der Waals surface area (Å²) in [6, 6.07) is 65.9. The quantitative estimate of drug-likeness (QED) is 0.0243. The summed E-state index contributed by atoms with van der Waals surface area (Å²) < 4.78 is 38.9. The van der Waals surface area contributed by atoms with Crippen LogP contribution in [0.3, 0.4) is 0 Å². The number of aromatic nitrogens is 16. The normalized spacial score (nSPS) is 10.3. The van der Waals surface area contributed by atoms with Gasteiger partial charge in [-0.3, -0.25) is 58.7 Å². The molecule has 6 aromatic carbocycles. The molecule has 0 unspecified atom stereocenters. The smallest absolute Gasteiger partial charge is 0.230 e. The van der Waals surface area contributed by atoms with E-state index in [-0.39, 0.29) is 66.9 Å². The van der Waals surface area contributed by atoms with Crippen molar-refractivity contribution in [3.05, 3.63) is 344 Å². The summed E-state index contributed by atoms with van der Waals surface area (Å²) in [7, 11) is 7.87. The second kappa shape index (κ2) is 52.2. The predicted molar refractivity (Wildman–Crippen MR) is 533 cm³/mol. The van der Waals surface area contributed by atoms with Crippen molar-refractivity contribution in [2.75, 3.05) is 67.4 Å². The Labute approximate surface area is 814 Å². The molecule has 138 heavy (non-hydrogen) atoms. The van der Waals surface area contributed by atoms with Crippen LogP contribution in [-0.2, 0) is 67.3 Å². The third kappa shape index (κ3) is 31.6. The fourth-order valence-corrected chi connectivity index (χ4v) is 17.0. The first-order chi connectivity index (χ1) is 67.4. The first kappa shape index (κ1) is 99.0. The van der Waals surface area contributed by atoms with Crippen LogP contribution >= 0.6 is 68.0 Å². The number of carbonyl (C=O) groups excluding carboxylic acids is 6. The molecular weight excluding hydrogens is 1870 g/mol. The molecule has 0 aliphatic heterocycles. The van der Waals surface area contributed by atoms with Gasteiger partial charge in [0.2, 0.25) is 56.0 Å². The number of ether oxygens (including phenoxy) is 5. The van der Waals surface area contributed by atoms with Crippen molar-refractivity contribution in [1.82, 2.24) is 80.7 Å². The topological polar surface area (TPSA) is 427 Å². The highest BCUT2D eigenvalue weighted by atomic mass is 32.1. The molecule has 6 amide bonds. The number of aryl methyl sites for hydroxylation is 1. The zero-order valence-electron chi connectivity index (χ0n) is 74.3. The van der Waals surface area contributed by atoms with Crippen molar-refractivity contribution in [3.63, 3.8) is 0 Å². The van der Waals surface area contributed by atoms with E-state index in [1.807, 2.05) is 164 Å². The number of anilines is 6. The minimum atomic E-state index is -0.311. The summed E-state index contributed by atoms with van der Waals surface area (Å²) in [6.07, 6.45) is 26.0. The molecule has 0 saturated carbocycles. The van der Waals surface area contributed by atoms with Crippen LogP contribution in [0.2, 0.25) is 0 Å². The largest absolute Gasteiger partial charge is 0.497 e. The number of carbonyl (C=O) groups is 6. The zero-order valence-corrected chi connectivity index (χ0v) is 79.2. The van der Waals surface area contributed by atoms with Crippen LogP contribution < -0.4 is 55.6 Å². The minimum absolute atomic E-state index is 0.00813. The molecule has 0 fully saturated rings. The van der Waals surface area contributed by atoms with E-state index in [2.05, 4.69) is 113 Å². The van der Waals surface area contributed by atoms with Crippen molar-refractivity contribution in [3.8, 4) is 92.2 Å². The van der Waals surface area contributed by atoms with E-state index < -0.39 is 0 Å². The summed E-state index contributed by atoms with van der Waals surface area (Å²) in [4.78, 5) is 105. The molecule has 40 heteroatoms. The van der Waals surface area contributed by atoms with Crippen molar-refractivity contribution in [2.24, 2.45) is 0 Å². The van der Waals surface area contributed by atoms with Crippen LogP contribution in [0.25, 0.3) is 63.4 Å². The molecule has 0 aliphatic rings.